The third-order valence-electron chi connectivity index (χ3n) is 1.60. The van der Waals surface area contributed by atoms with Crippen molar-refractivity contribution in [3.05, 3.63) is 18.2 Å². The van der Waals surface area contributed by atoms with Crippen molar-refractivity contribution in [1.29, 1.82) is 0 Å². The monoisotopic (exact) mass is 330 g/mol. The number of rotatable bonds is 1. The summed E-state index contributed by atoms with van der Waals surface area (Å²) in [7, 11) is -4.15. The summed E-state index contributed by atoms with van der Waals surface area (Å²) < 4.78 is 30.1. The fourth-order valence-corrected chi connectivity index (χ4v) is 1.48. The number of benzene rings is 1. The average Bonchev–Trinajstić information content (AvgIpc) is 2.47. The van der Waals surface area contributed by atoms with Gasteiger partial charge in [-0.2, -0.15) is 8.42 Å². The van der Waals surface area contributed by atoms with Crippen LogP contribution in [0.5, 0.6) is 0 Å². The number of H-pyrrole nitrogens is 1. The molecule has 1 aromatic heterocycles. The molecule has 0 saturated heterocycles. The molecule has 1 heterocycles. The van der Waals surface area contributed by atoms with Gasteiger partial charge in [0.05, 0.1) is 10.4 Å². The third kappa shape index (κ3) is 3.36. The van der Waals surface area contributed by atoms with Gasteiger partial charge in [-0.15, -0.1) is 5.10 Å². The van der Waals surface area contributed by atoms with E-state index in [4.69, 9.17) is 4.55 Å². The van der Waals surface area contributed by atoms with Gasteiger partial charge in [-0.05, 0) is 18.2 Å². The van der Waals surface area contributed by atoms with Crippen LogP contribution in [0.2, 0.25) is 0 Å². The Morgan fingerprint density at radius 1 is 1.33 bits per heavy atom. The molecule has 0 unspecified atom stereocenters. The number of aromatic nitrogens is 3. The molecule has 0 atom stereocenters. The molecule has 0 aliphatic heterocycles. The molecular weight excluding hydrogens is 325 g/mol. The van der Waals surface area contributed by atoms with E-state index in [1.807, 2.05) is 0 Å². The van der Waals surface area contributed by atoms with E-state index < -0.39 is 10.1 Å². The number of hydrogen-bond acceptors (Lipinski definition) is 4. The first-order chi connectivity index (χ1) is 6.07. The van der Waals surface area contributed by atoms with Gasteiger partial charge < -0.3 is 0 Å². The van der Waals surface area contributed by atoms with Gasteiger partial charge in [0.2, 0.25) is 0 Å². The molecule has 2 rings (SSSR count). The van der Waals surface area contributed by atoms with Crippen LogP contribution in [-0.2, 0) is 32.5 Å². The van der Waals surface area contributed by atoms with Crippen LogP contribution in [0.3, 0.4) is 0 Å². The maximum atomic E-state index is 10.7. The second-order valence-electron chi connectivity index (χ2n) is 2.47. The van der Waals surface area contributed by atoms with E-state index in [0.717, 1.165) is 0 Å². The molecular formula is C6H6AgN3NaO3S. The molecule has 15 heavy (non-hydrogen) atoms. The van der Waals surface area contributed by atoms with Crippen molar-refractivity contribution in [2.75, 3.05) is 0 Å². The van der Waals surface area contributed by atoms with Crippen LogP contribution in [0.25, 0.3) is 11.0 Å². The molecule has 0 spiro atoms. The first-order valence-corrected chi connectivity index (χ1v) is 4.80. The Hall–Kier alpha value is 0.270. The fraction of sp³-hybridized carbons (Fsp3) is 0. The van der Waals surface area contributed by atoms with E-state index in [0.29, 0.717) is 11.0 Å². The molecule has 6 nitrogen and oxygen atoms in total. The van der Waals surface area contributed by atoms with Gasteiger partial charge in [-0.1, -0.05) is 5.21 Å². The van der Waals surface area contributed by atoms with Crippen LogP contribution in [-0.4, -0.2) is 57.9 Å². The average molecular weight is 331 g/mol. The molecule has 1 radical (unpaired) electrons. The number of fused-ring (bicyclic) bond motifs is 1. The second kappa shape index (κ2) is 5.55. The van der Waals surface area contributed by atoms with Crippen molar-refractivity contribution in [2.24, 2.45) is 0 Å². The van der Waals surface area contributed by atoms with E-state index in [1.165, 1.54) is 18.2 Å². The summed E-state index contributed by atoms with van der Waals surface area (Å²) in [6.07, 6.45) is 0. The van der Waals surface area contributed by atoms with Gasteiger partial charge in [0, 0.05) is 22.4 Å². The van der Waals surface area contributed by atoms with Crippen molar-refractivity contribution in [1.82, 2.24) is 15.4 Å². The van der Waals surface area contributed by atoms with Crippen LogP contribution in [0, 0.1) is 0 Å². The van der Waals surface area contributed by atoms with Crippen molar-refractivity contribution < 1.29 is 35.4 Å². The first kappa shape index (κ1) is 15.3. The summed E-state index contributed by atoms with van der Waals surface area (Å²) in [6.45, 7) is 0. The van der Waals surface area contributed by atoms with Crippen LogP contribution in [0.15, 0.2) is 23.1 Å². The predicted molar refractivity (Wildman–Crippen MR) is 50.9 cm³/mol. The van der Waals surface area contributed by atoms with E-state index in [1.54, 1.807) is 0 Å². The maximum absolute atomic E-state index is 10.7. The van der Waals surface area contributed by atoms with Gasteiger partial charge in [0.15, 0.2) is 0 Å². The van der Waals surface area contributed by atoms with Gasteiger partial charge in [0.1, 0.15) is 5.52 Å². The quantitative estimate of drug-likeness (QED) is 0.545. The van der Waals surface area contributed by atoms with E-state index in [9.17, 15) is 8.42 Å². The van der Waals surface area contributed by atoms with E-state index >= 15 is 0 Å². The summed E-state index contributed by atoms with van der Waals surface area (Å²) in [4.78, 5) is -0.186. The second-order valence-corrected chi connectivity index (χ2v) is 3.89. The Labute approximate surface area is 123 Å². The molecule has 9 heteroatoms. The summed E-state index contributed by atoms with van der Waals surface area (Å²) in [6, 6.07) is 4.00. The van der Waals surface area contributed by atoms with Gasteiger partial charge in [-0.25, -0.2) is 0 Å². The van der Waals surface area contributed by atoms with Gasteiger partial charge >= 0.3 is 29.6 Å². The zero-order valence-electron chi connectivity index (χ0n) is 6.60. The number of hydrogen-bond donors (Lipinski definition) is 2. The molecule has 0 aliphatic carbocycles. The molecule has 0 saturated carbocycles. The molecule has 81 valence electrons. The van der Waals surface area contributed by atoms with Gasteiger partial charge in [-0.3, -0.25) is 9.65 Å². The molecule has 2 aromatic rings. The topological polar surface area (TPSA) is 95.9 Å². The summed E-state index contributed by atoms with van der Waals surface area (Å²) in [5.41, 5.74) is 1.02. The summed E-state index contributed by atoms with van der Waals surface area (Å²) in [5.74, 6) is 0. The van der Waals surface area contributed by atoms with Crippen LogP contribution in [0.1, 0.15) is 0 Å². The van der Waals surface area contributed by atoms with Crippen molar-refractivity contribution in [3.63, 3.8) is 0 Å². The van der Waals surface area contributed by atoms with Crippen LogP contribution in [0.4, 0.5) is 0 Å². The SMILES string of the molecule is O=S(=O)(O)c1ccc2[nH]nnc2c1.[Ag].[NaH]. The van der Waals surface area contributed by atoms with Gasteiger partial charge in [0.25, 0.3) is 10.1 Å². The fourth-order valence-electron chi connectivity index (χ4n) is 0.982. The number of nitrogens with one attached hydrogen (secondary N) is 1. The van der Waals surface area contributed by atoms with Crippen LogP contribution >= 0.6 is 0 Å². The molecule has 1 aromatic carbocycles. The van der Waals surface area contributed by atoms with E-state index in [2.05, 4.69) is 15.4 Å². The molecule has 0 fully saturated rings. The summed E-state index contributed by atoms with van der Waals surface area (Å²) in [5, 5.41) is 9.65. The Bertz CT molecular complexity index is 556. The zero-order valence-corrected chi connectivity index (χ0v) is 8.90. The molecule has 2 N–H and O–H groups in total. The Morgan fingerprint density at radius 2 is 2.00 bits per heavy atom. The third-order valence-corrected chi connectivity index (χ3v) is 2.44. The molecule has 0 aliphatic rings. The van der Waals surface area contributed by atoms with Crippen molar-refractivity contribution >= 4 is 50.7 Å². The predicted octanol–water partition coefficient (Wildman–Crippen LogP) is -0.446. The minimum atomic E-state index is -4.15. The van der Waals surface area contributed by atoms with Crippen LogP contribution < -0.4 is 0 Å². The first-order valence-electron chi connectivity index (χ1n) is 3.36. The van der Waals surface area contributed by atoms with Crippen molar-refractivity contribution in [2.45, 2.75) is 4.90 Å². The number of aromatic amines is 1. The molecule has 0 amide bonds. The standard InChI is InChI=1S/C6H5N3O3S.Ag.Na.H/c10-13(11,12)4-1-2-5-6(3-4)8-9-7-5;;;/h1-3H,(H,7,8,9)(H,10,11,12);;;. The minimum absolute atomic E-state index is 0. The molecule has 0 bridgehead atoms. The summed E-state index contributed by atoms with van der Waals surface area (Å²) >= 11 is 0. The Balaban J connectivity index is 0.000000980. The zero-order chi connectivity index (χ0) is 9.47. The number of nitrogens with zero attached hydrogens (tertiary/aromatic N) is 2. The van der Waals surface area contributed by atoms with Crippen molar-refractivity contribution in [3.8, 4) is 0 Å². The van der Waals surface area contributed by atoms with E-state index in [-0.39, 0.29) is 56.8 Å². The Kier molecular flexibility index (Phi) is 5.65. The Morgan fingerprint density at radius 3 is 2.60 bits per heavy atom. The normalized spacial score (nSPS) is 10.5.